The number of nitrogens with one attached hydrogen (secondary N) is 1. The summed E-state index contributed by atoms with van der Waals surface area (Å²) in [7, 11) is 0. The van der Waals surface area contributed by atoms with Crippen LogP contribution in [0.25, 0.3) is 0 Å². The maximum absolute atomic E-state index is 10.7. The first-order valence-corrected chi connectivity index (χ1v) is 7.18. The molecule has 0 atom stereocenters. The summed E-state index contributed by atoms with van der Waals surface area (Å²) in [6.45, 7) is 8.06. The third kappa shape index (κ3) is 3.45. The molecule has 110 valence electrons. The van der Waals surface area contributed by atoms with Crippen molar-refractivity contribution >= 4 is 11.5 Å². The fourth-order valence-electron chi connectivity index (χ4n) is 2.68. The molecular weight excluding hydrogens is 256 g/mol. The molecule has 0 amide bonds. The Balaban J connectivity index is 1.98. The first-order chi connectivity index (χ1) is 9.61. The standard InChI is InChI=1S/C14H22N4O2/c1-3-15-9-12-4-6-17(7-5-12)14-11(2)8-13(10-16-14)18(19)20/h8,10,12,15H,3-7,9H2,1-2H3. The third-order valence-corrected chi connectivity index (χ3v) is 3.84. The average Bonchev–Trinajstić information content (AvgIpc) is 2.45. The molecule has 0 aromatic carbocycles. The number of aromatic nitrogens is 1. The number of anilines is 1. The van der Waals surface area contributed by atoms with Gasteiger partial charge in [-0.2, -0.15) is 0 Å². The second-order valence-electron chi connectivity index (χ2n) is 5.33. The monoisotopic (exact) mass is 278 g/mol. The van der Waals surface area contributed by atoms with Gasteiger partial charge in [0.2, 0.25) is 0 Å². The topological polar surface area (TPSA) is 71.3 Å². The van der Waals surface area contributed by atoms with E-state index in [1.165, 1.54) is 6.20 Å². The first kappa shape index (κ1) is 14.7. The van der Waals surface area contributed by atoms with Crippen molar-refractivity contribution in [3.63, 3.8) is 0 Å². The molecule has 1 saturated heterocycles. The van der Waals surface area contributed by atoms with Crippen LogP contribution < -0.4 is 10.2 Å². The second kappa shape index (κ2) is 6.65. The lowest BCUT2D eigenvalue weighted by Crippen LogP contribution is -2.38. The molecule has 2 rings (SSSR count). The van der Waals surface area contributed by atoms with Crippen LogP contribution in [0.2, 0.25) is 0 Å². The van der Waals surface area contributed by atoms with E-state index in [0.29, 0.717) is 0 Å². The highest BCUT2D eigenvalue weighted by molar-refractivity contribution is 5.50. The van der Waals surface area contributed by atoms with Crippen LogP contribution in [-0.4, -0.2) is 36.1 Å². The van der Waals surface area contributed by atoms with E-state index in [9.17, 15) is 10.1 Å². The van der Waals surface area contributed by atoms with Crippen molar-refractivity contribution in [2.75, 3.05) is 31.1 Å². The van der Waals surface area contributed by atoms with E-state index >= 15 is 0 Å². The minimum Gasteiger partial charge on any atom is -0.356 e. The lowest BCUT2D eigenvalue weighted by Gasteiger charge is -2.33. The Bertz CT molecular complexity index is 470. The van der Waals surface area contributed by atoms with E-state index in [4.69, 9.17) is 0 Å². The van der Waals surface area contributed by atoms with Crippen molar-refractivity contribution in [1.29, 1.82) is 0 Å². The van der Waals surface area contributed by atoms with Crippen molar-refractivity contribution in [3.05, 3.63) is 27.9 Å². The molecular formula is C14H22N4O2. The van der Waals surface area contributed by atoms with Crippen LogP contribution in [0.15, 0.2) is 12.3 Å². The zero-order valence-electron chi connectivity index (χ0n) is 12.1. The Hall–Kier alpha value is -1.69. The Morgan fingerprint density at radius 2 is 2.20 bits per heavy atom. The van der Waals surface area contributed by atoms with Crippen molar-refractivity contribution < 1.29 is 4.92 Å². The lowest BCUT2D eigenvalue weighted by molar-refractivity contribution is -0.385. The van der Waals surface area contributed by atoms with Crippen LogP contribution in [0, 0.1) is 23.0 Å². The number of hydrogen-bond acceptors (Lipinski definition) is 5. The minimum absolute atomic E-state index is 0.0632. The van der Waals surface area contributed by atoms with Crippen LogP contribution >= 0.6 is 0 Å². The summed E-state index contributed by atoms with van der Waals surface area (Å²) in [5.41, 5.74) is 0.942. The van der Waals surface area contributed by atoms with E-state index < -0.39 is 4.92 Å². The summed E-state index contributed by atoms with van der Waals surface area (Å²) in [6, 6.07) is 1.60. The molecule has 6 heteroatoms. The normalized spacial score (nSPS) is 16.4. The molecule has 1 fully saturated rings. The van der Waals surface area contributed by atoms with Crippen molar-refractivity contribution in [2.45, 2.75) is 26.7 Å². The maximum atomic E-state index is 10.7. The van der Waals surface area contributed by atoms with Crippen LogP contribution in [0.1, 0.15) is 25.3 Å². The van der Waals surface area contributed by atoms with E-state index in [2.05, 4.69) is 22.1 Å². The lowest BCUT2D eigenvalue weighted by atomic mass is 9.96. The SMILES string of the molecule is CCNCC1CCN(c2ncc([N+](=O)[O-])cc2C)CC1. The van der Waals surface area contributed by atoms with Gasteiger partial charge in [0.05, 0.1) is 4.92 Å². The number of pyridine rings is 1. The molecule has 1 aromatic rings. The van der Waals surface area contributed by atoms with Gasteiger partial charge in [0.25, 0.3) is 5.69 Å². The zero-order valence-corrected chi connectivity index (χ0v) is 12.1. The molecule has 0 unspecified atom stereocenters. The van der Waals surface area contributed by atoms with Gasteiger partial charge in [-0.3, -0.25) is 10.1 Å². The minimum atomic E-state index is -0.396. The van der Waals surface area contributed by atoms with Crippen LogP contribution in [-0.2, 0) is 0 Å². The van der Waals surface area contributed by atoms with Gasteiger partial charge in [0.15, 0.2) is 0 Å². The van der Waals surface area contributed by atoms with E-state index in [1.54, 1.807) is 6.07 Å². The molecule has 0 spiro atoms. The predicted octanol–water partition coefficient (Wildman–Crippen LogP) is 2.12. The average molecular weight is 278 g/mol. The van der Waals surface area contributed by atoms with Gasteiger partial charge in [-0.1, -0.05) is 6.92 Å². The van der Waals surface area contributed by atoms with Gasteiger partial charge in [-0.05, 0) is 44.3 Å². The molecule has 0 saturated carbocycles. The quantitative estimate of drug-likeness (QED) is 0.660. The highest BCUT2D eigenvalue weighted by atomic mass is 16.6. The summed E-state index contributed by atoms with van der Waals surface area (Å²) in [5.74, 6) is 1.61. The highest BCUT2D eigenvalue weighted by Gasteiger charge is 2.21. The summed E-state index contributed by atoms with van der Waals surface area (Å²) in [6.07, 6.45) is 3.64. The number of nitro groups is 1. The van der Waals surface area contributed by atoms with Crippen molar-refractivity contribution in [2.24, 2.45) is 5.92 Å². The second-order valence-corrected chi connectivity index (χ2v) is 5.33. The molecule has 0 radical (unpaired) electrons. The molecule has 1 aliphatic rings. The third-order valence-electron chi connectivity index (χ3n) is 3.84. The van der Waals surface area contributed by atoms with Gasteiger partial charge in [0, 0.05) is 19.2 Å². The van der Waals surface area contributed by atoms with Gasteiger partial charge in [-0.15, -0.1) is 0 Å². The molecule has 20 heavy (non-hydrogen) atoms. The van der Waals surface area contributed by atoms with Gasteiger partial charge >= 0.3 is 0 Å². The number of rotatable bonds is 5. The fourth-order valence-corrected chi connectivity index (χ4v) is 2.68. The van der Waals surface area contributed by atoms with Gasteiger partial charge in [0.1, 0.15) is 12.0 Å². The molecule has 0 aliphatic carbocycles. The zero-order chi connectivity index (χ0) is 14.5. The largest absolute Gasteiger partial charge is 0.356 e. The molecule has 2 heterocycles. The summed E-state index contributed by atoms with van der Waals surface area (Å²) >= 11 is 0. The van der Waals surface area contributed by atoms with Gasteiger partial charge in [-0.25, -0.2) is 4.98 Å². The Kier molecular flexibility index (Phi) is 4.89. The summed E-state index contributed by atoms with van der Waals surface area (Å²) < 4.78 is 0. The van der Waals surface area contributed by atoms with Crippen molar-refractivity contribution in [1.82, 2.24) is 10.3 Å². The first-order valence-electron chi connectivity index (χ1n) is 7.18. The van der Waals surface area contributed by atoms with E-state index in [-0.39, 0.29) is 5.69 Å². The summed E-state index contributed by atoms with van der Waals surface area (Å²) in [5, 5.41) is 14.1. The van der Waals surface area contributed by atoms with Gasteiger partial charge < -0.3 is 10.2 Å². The Morgan fingerprint density at radius 3 is 2.75 bits per heavy atom. The number of aryl methyl sites for hydroxylation is 1. The molecule has 1 aliphatic heterocycles. The maximum Gasteiger partial charge on any atom is 0.287 e. The summed E-state index contributed by atoms with van der Waals surface area (Å²) in [4.78, 5) is 16.8. The number of piperidine rings is 1. The molecule has 1 aromatic heterocycles. The highest BCUT2D eigenvalue weighted by Crippen LogP contribution is 2.26. The van der Waals surface area contributed by atoms with Crippen LogP contribution in [0.3, 0.4) is 0 Å². The van der Waals surface area contributed by atoms with E-state index in [0.717, 1.165) is 56.3 Å². The molecule has 1 N–H and O–H groups in total. The molecule has 6 nitrogen and oxygen atoms in total. The number of nitrogens with zero attached hydrogens (tertiary/aromatic N) is 3. The van der Waals surface area contributed by atoms with Crippen molar-refractivity contribution in [3.8, 4) is 0 Å². The smallest absolute Gasteiger partial charge is 0.287 e. The van der Waals surface area contributed by atoms with Crippen LogP contribution in [0.4, 0.5) is 11.5 Å². The van der Waals surface area contributed by atoms with Crippen LogP contribution in [0.5, 0.6) is 0 Å². The Morgan fingerprint density at radius 1 is 1.50 bits per heavy atom. The predicted molar refractivity (Wildman–Crippen MR) is 79.1 cm³/mol. The Labute approximate surface area is 119 Å². The molecule has 0 bridgehead atoms. The number of hydrogen-bond donors (Lipinski definition) is 1. The fraction of sp³-hybridized carbons (Fsp3) is 0.643. The van der Waals surface area contributed by atoms with E-state index in [1.807, 2.05) is 6.92 Å².